The molecule has 0 spiro atoms. The molecule has 0 saturated carbocycles. The summed E-state index contributed by atoms with van der Waals surface area (Å²) in [6, 6.07) is 11.3. The van der Waals surface area contributed by atoms with E-state index < -0.39 is 0 Å². The first-order valence-electron chi connectivity index (χ1n) is 5.74. The number of benzene rings is 1. The standard InChI is InChI=1S/C14H15ClN2O/c1-10(16)11-5-6-14(13(15)8-11)18-9-12-4-2-3-7-17-12/h2-8,10H,9,16H2,1H3/t10-/m0/s1. The van der Waals surface area contributed by atoms with Crippen molar-refractivity contribution < 1.29 is 4.74 Å². The van der Waals surface area contributed by atoms with Gasteiger partial charge in [0.1, 0.15) is 12.4 Å². The largest absolute Gasteiger partial charge is 0.486 e. The Labute approximate surface area is 112 Å². The molecule has 0 bridgehead atoms. The molecule has 0 aliphatic rings. The molecule has 0 saturated heterocycles. The Morgan fingerprint density at radius 1 is 1.33 bits per heavy atom. The zero-order valence-electron chi connectivity index (χ0n) is 10.1. The van der Waals surface area contributed by atoms with Crippen molar-refractivity contribution >= 4 is 11.6 Å². The third kappa shape index (κ3) is 3.22. The van der Waals surface area contributed by atoms with Gasteiger partial charge in [0.25, 0.3) is 0 Å². The number of halogens is 1. The molecule has 0 amide bonds. The number of rotatable bonds is 4. The van der Waals surface area contributed by atoms with Gasteiger partial charge in [0.15, 0.2) is 0 Å². The number of hydrogen-bond acceptors (Lipinski definition) is 3. The maximum absolute atomic E-state index is 6.14. The Bertz CT molecular complexity index is 514. The van der Waals surface area contributed by atoms with E-state index in [2.05, 4.69) is 4.98 Å². The molecular weight excluding hydrogens is 248 g/mol. The first kappa shape index (κ1) is 12.9. The Morgan fingerprint density at radius 3 is 2.78 bits per heavy atom. The van der Waals surface area contributed by atoms with E-state index in [1.807, 2.05) is 43.3 Å². The second-order valence-electron chi connectivity index (χ2n) is 4.09. The van der Waals surface area contributed by atoms with Gasteiger partial charge in [-0.25, -0.2) is 0 Å². The van der Waals surface area contributed by atoms with Crippen LogP contribution < -0.4 is 10.5 Å². The highest BCUT2D eigenvalue weighted by atomic mass is 35.5. The van der Waals surface area contributed by atoms with Crippen LogP contribution in [-0.2, 0) is 6.61 Å². The number of ether oxygens (including phenoxy) is 1. The number of pyridine rings is 1. The van der Waals surface area contributed by atoms with E-state index in [9.17, 15) is 0 Å². The van der Waals surface area contributed by atoms with Crippen molar-refractivity contribution in [3.05, 3.63) is 58.9 Å². The summed E-state index contributed by atoms with van der Waals surface area (Å²) in [5.74, 6) is 0.645. The van der Waals surface area contributed by atoms with Crippen LogP contribution in [0.4, 0.5) is 0 Å². The molecule has 1 aromatic carbocycles. The molecule has 94 valence electrons. The summed E-state index contributed by atoms with van der Waals surface area (Å²) in [7, 11) is 0. The van der Waals surface area contributed by atoms with Gasteiger partial charge in [0.05, 0.1) is 10.7 Å². The predicted octanol–water partition coefficient (Wildman–Crippen LogP) is 3.33. The van der Waals surface area contributed by atoms with Crippen molar-refractivity contribution in [1.82, 2.24) is 4.98 Å². The molecule has 4 heteroatoms. The fourth-order valence-electron chi connectivity index (χ4n) is 1.55. The van der Waals surface area contributed by atoms with E-state index in [-0.39, 0.29) is 6.04 Å². The van der Waals surface area contributed by atoms with Crippen LogP contribution in [-0.4, -0.2) is 4.98 Å². The van der Waals surface area contributed by atoms with Crippen LogP contribution in [0.1, 0.15) is 24.2 Å². The van der Waals surface area contributed by atoms with E-state index in [1.165, 1.54) is 0 Å². The molecule has 2 aromatic rings. The zero-order chi connectivity index (χ0) is 13.0. The van der Waals surface area contributed by atoms with Gasteiger partial charge in [-0.2, -0.15) is 0 Å². The van der Waals surface area contributed by atoms with Crippen molar-refractivity contribution in [2.75, 3.05) is 0 Å². The molecule has 1 heterocycles. The van der Waals surface area contributed by atoms with Crippen molar-refractivity contribution in [1.29, 1.82) is 0 Å². The molecule has 0 radical (unpaired) electrons. The number of nitrogens with two attached hydrogens (primary N) is 1. The fourth-order valence-corrected chi connectivity index (χ4v) is 1.80. The van der Waals surface area contributed by atoms with Gasteiger partial charge in [0, 0.05) is 12.2 Å². The maximum atomic E-state index is 6.14. The summed E-state index contributed by atoms with van der Waals surface area (Å²) in [5, 5.41) is 0.570. The highest BCUT2D eigenvalue weighted by Crippen LogP contribution is 2.27. The molecule has 1 atom stereocenters. The molecule has 0 unspecified atom stereocenters. The van der Waals surface area contributed by atoms with Crippen molar-refractivity contribution in [2.24, 2.45) is 5.73 Å². The minimum atomic E-state index is -0.0349. The van der Waals surface area contributed by atoms with Crippen LogP contribution in [0.15, 0.2) is 42.6 Å². The molecular formula is C14H15ClN2O. The van der Waals surface area contributed by atoms with Crippen molar-refractivity contribution in [3.8, 4) is 5.75 Å². The third-order valence-electron chi connectivity index (χ3n) is 2.58. The SMILES string of the molecule is C[C@H](N)c1ccc(OCc2ccccn2)c(Cl)c1. The van der Waals surface area contributed by atoms with Crippen LogP contribution in [0.5, 0.6) is 5.75 Å². The van der Waals surface area contributed by atoms with Gasteiger partial charge in [-0.3, -0.25) is 4.98 Å². The molecule has 2 rings (SSSR count). The lowest BCUT2D eigenvalue weighted by Gasteiger charge is -2.10. The van der Waals surface area contributed by atoms with Crippen LogP contribution in [0.25, 0.3) is 0 Å². The molecule has 2 N–H and O–H groups in total. The summed E-state index contributed by atoms with van der Waals surface area (Å²) >= 11 is 6.14. The van der Waals surface area contributed by atoms with E-state index in [0.717, 1.165) is 11.3 Å². The van der Waals surface area contributed by atoms with E-state index >= 15 is 0 Å². The summed E-state index contributed by atoms with van der Waals surface area (Å²) in [6.07, 6.45) is 1.74. The fraction of sp³-hybridized carbons (Fsp3) is 0.214. The smallest absolute Gasteiger partial charge is 0.138 e. The first-order valence-corrected chi connectivity index (χ1v) is 6.12. The quantitative estimate of drug-likeness (QED) is 0.919. The predicted molar refractivity (Wildman–Crippen MR) is 72.6 cm³/mol. The average Bonchev–Trinajstić information content (AvgIpc) is 2.38. The Morgan fingerprint density at radius 2 is 2.17 bits per heavy atom. The second-order valence-corrected chi connectivity index (χ2v) is 4.50. The lowest BCUT2D eigenvalue weighted by Crippen LogP contribution is -2.05. The van der Waals surface area contributed by atoms with E-state index in [1.54, 1.807) is 6.20 Å². The first-order chi connectivity index (χ1) is 8.66. The van der Waals surface area contributed by atoms with Crippen LogP contribution >= 0.6 is 11.6 Å². The maximum Gasteiger partial charge on any atom is 0.138 e. The number of nitrogens with zero attached hydrogens (tertiary/aromatic N) is 1. The average molecular weight is 263 g/mol. The third-order valence-corrected chi connectivity index (χ3v) is 2.88. The second kappa shape index (κ2) is 5.85. The van der Waals surface area contributed by atoms with Gasteiger partial charge in [-0.15, -0.1) is 0 Å². The van der Waals surface area contributed by atoms with Crippen LogP contribution in [0.3, 0.4) is 0 Å². The monoisotopic (exact) mass is 262 g/mol. The molecule has 1 aromatic heterocycles. The highest BCUT2D eigenvalue weighted by Gasteiger charge is 2.06. The van der Waals surface area contributed by atoms with Crippen LogP contribution in [0, 0.1) is 0 Å². The lowest BCUT2D eigenvalue weighted by molar-refractivity contribution is 0.301. The van der Waals surface area contributed by atoms with Gasteiger partial charge >= 0.3 is 0 Å². The summed E-state index contributed by atoms with van der Waals surface area (Å²) in [5.41, 5.74) is 7.64. The normalized spacial score (nSPS) is 12.2. The van der Waals surface area contributed by atoms with Gasteiger partial charge in [0.2, 0.25) is 0 Å². The summed E-state index contributed by atoms with van der Waals surface area (Å²) in [4.78, 5) is 4.18. The van der Waals surface area contributed by atoms with Gasteiger partial charge in [-0.1, -0.05) is 23.7 Å². The van der Waals surface area contributed by atoms with E-state index in [4.69, 9.17) is 22.1 Å². The van der Waals surface area contributed by atoms with Crippen LogP contribution in [0.2, 0.25) is 5.02 Å². The Hall–Kier alpha value is -1.58. The minimum Gasteiger partial charge on any atom is -0.486 e. The lowest BCUT2D eigenvalue weighted by atomic mass is 10.1. The van der Waals surface area contributed by atoms with Crippen molar-refractivity contribution in [2.45, 2.75) is 19.6 Å². The topological polar surface area (TPSA) is 48.1 Å². The van der Waals surface area contributed by atoms with Gasteiger partial charge < -0.3 is 10.5 Å². The minimum absolute atomic E-state index is 0.0349. The summed E-state index contributed by atoms with van der Waals surface area (Å²) < 4.78 is 5.62. The number of aromatic nitrogens is 1. The molecule has 0 aliphatic heterocycles. The van der Waals surface area contributed by atoms with Crippen molar-refractivity contribution in [3.63, 3.8) is 0 Å². The molecule has 0 fully saturated rings. The molecule has 3 nitrogen and oxygen atoms in total. The zero-order valence-corrected chi connectivity index (χ0v) is 10.9. The Kier molecular flexibility index (Phi) is 4.18. The Balaban J connectivity index is 2.06. The summed E-state index contributed by atoms with van der Waals surface area (Å²) in [6.45, 7) is 2.32. The van der Waals surface area contributed by atoms with Gasteiger partial charge in [-0.05, 0) is 36.8 Å². The molecule has 0 aliphatic carbocycles. The van der Waals surface area contributed by atoms with E-state index in [0.29, 0.717) is 17.4 Å². The molecule has 18 heavy (non-hydrogen) atoms. The highest BCUT2D eigenvalue weighted by molar-refractivity contribution is 6.32. The number of hydrogen-bond donors (Lipinski definition) is 1.